The summed E-state index contributed by atoms with van der Waals surface area (Å²) in [4.78, 5) is 16.3. The normalized spacial score (nSPS) is 12.5. The van der Waals surface area contributed by atoms with Gasteiger partial charge in [0.1, 0.15) is 5.56 Å². The molecule has 1 aromatic heterocycles. The smallest absolute Gasteiger partial charge is 0.254 e. The third-order valence-electron chi connectivity index (χ3n) is 4.19. The summed E-state index contributed by atoms with van der Waals surface area (Å²) in [5.74, 6) is -0.633. The quantitative estimate of drug-likeness (QED) is 0.730. The van der Waals surface area contributed by atoms with Crippen molar-refractivity contribution in [3.8, 4) is 5.75 Å². The summed E-state index contributed by atoms with van der Waals surface area (Å²) in [7, 11) is 0. The highest BCUT2D eigenvalue weighted by molar-refractivity contribution is 5.96. The Morgan fingerprint density at radius 2 is 1.88 bits per heavy atom. The van der Waals surface area contributed by atoms with Gasteiger partial charge in [-0.1, -0.05) is 32.9 Å². The molecule has 0 aliphatic rings. The van der Waals surface area contributed by atoms with Crippen LogP contribution in [0.3, 0.4) is 0 Å². The number of phenols is 1. The second-order valence-electron chi connectivity index (χ2n) is 7.44. The number of benzene rings is 2. The van der Waals surface area contributed by atoms with Crippen molar-refractivity contribution in [3.05, 3.63) is 64.7 Å². The Labute approximate surface area is 151 Å². The molecule has 0 unspecified atom stereocenters. The fraction of sp³-hybridized carbons (Fsp3) is 0.238. The van der Waals surface area contributed by atoms with Crippen molar-refractivity contribution in [1.82, 2.24) is 0 Å². The minimum absolute atomic E-state index is 0.00383. The third-order valence-corrected chi connectivity index (χ3v) is 4.19. The summed E-state index contributed by atoms with van der Waals surface area (Å²) in [6.45, 7) is 8.08. The van der Waals surface area contributed by atoms with E-state index in [1.807, 2.05) is 52.0 Å². The van der Waals surface area contributed by atoms with Crippen LogP contribution >= 0.6 is 0 Å². The van der Waals surface area contributed by atoms with Gasteiger partial charge in [-0.3, -0.25) is 4.79 Å². The van der Waals surface area contributed by atoms with Crippen LogP contribution in [0, 0.1) is 6.92 Å². The lowest BCUT2D eigenvalue weighted by Crippen LogP contribution is -2.22. The van der Waals surface area contributed by atoms with Crippen molar-refractivity contribution < 1.29 is 14.3 Å². The molecule has 0 bridgehead atoms. The number of aryl methyl sites for hydroxylation is 1. The highest BCUT2D eigenvalue weighted by Crippen LogP contribution is 2.32. The SMILES string of the molecule is Cc1cccc(N=c2oc3c(O)cc(C(C)(C)C)cc3cc2C(N)=O)c1. The molecule has 0 spiro atoms. The number of primary amides is 1. The topological polar surface area (TPSA) is 88.8 Å². The van der Waals surface area contributed by atoms with Crippen LogP contribution in [-0.4, -0.2) is 11.0 Å². The molecule has 1 amide bonds. The van der Waals surface area contributed by atoms with Crippen LogP contribution < -0.4 is 11.3 Å². The molecule has 0 saturated carbocycles. The standard InChI is InChI=1S/C21H22N2O3/c1-12-6-5-7-15(8-12)23-20-16(19(22)25)10-13-9-14(21(2,3)4)11-17(24)18(13)26-20/h5-11,24H,1-4H3,(H2,22,25). The molecule has 26 heavy (non-hydrogen) atoms. The number of nitrogens with zero attached hydrogens (tertiary/aromatic N) is 1. The lowest BCUT2D eigenvalue weighted by molar-refractivity contribution is 0.0996. The second-order valence-corrected chi connectivity index (χ2v) is 7.44. The molecule has 0 aliphatic heterocycles. The van der Waals surface area contributed by atoms with E-state index in [0.717, 1.165) is 11.1 Å². The van der Waals surface area contributed by atoms with Crippen LogP contribution in [0.2, 0.25) is 0 Å². The molecular weight excluding hydrogens is 328 g/mol. The Kier molecular flexibility index (Phi) is 4.32. The van der Waals surface area contributed by atoms with Gasteiger partial charge in [0.15, 0.2) is 11.3 Å². The fourth-order valence-electron chi connectivity index (χ4n) is 2.73. The van der Waals surface area contributed by atoms with E-state index >= 15 is 0 Å². The molecule has 134 valence electrons. The molecule has 3 rings (SSSR count). The number of carbonyl (C=O) groups is 1. The second kappa shape index (κ2) is 6.33. The average Bonchev–Trinajstić information content (AvgIpc) is 2.53. The Morgan fingerprint density at radius 3 is 2.50 bits per heavy atom. The molecule has 1 heterocycles. The minimum Gasteiger partial charge on any atom is -0.504 e. The molecule has 0 atom stereocenters. The minimum atomic E-state index is -0.636. The molecule has 0 aliphatic carbocycles. The fourth-order valence-corrected chi connectivity index (χ4v) is 2.73. The van der Waals surface area contributed by atoms with Crippen LogP contribution in [0.15, 0.2) is 51.9 Å². The van der Waals surface area contributed by atoms with Gasteiger partial charge >= 0.3 is 0 Å². The Balaban J connectivity index is 2.32. The van der Waals surface area contributed by atoms with Gasteiger partial charge in [0, 0.05) is 5.39 Å². The monoisotopic (exact) mass is 350 g/mol. The van der Waals surface area contributed by atoms with Crippen molar-refractivity contribution in [3.63, 3.8) is 0 Å². The number of nitrogens with two attached hydrogens (primary N) is 1. The summed E-state index contributed by atoms with van der Waals surface area (Å²) in [5, 5.41) is 11.0. The molecule has 5 heteroatoms. The predicted molar refractivity (Wildman–Crippen MR) is 101 cm³/mol. The Bertz CT molecular complexity index is 1070. The maximum absolute atomic E-state index is 11.9. The molecule has 3 N–H and O–H groups in total. The molecule has 0 radical (unpaired) electrons. The number of fused-ring (bicyclic) bond motifs is 1. The number of aromatic hydroxyl groups is 1. The number of hydrogen-bond acceptors (Lipinski definition) is 4. The van der Waals surface area contributed by atoms with E-state index in [0.29, 0.717) is 11.1 Å². The van der Waals surface area contributed by atoms with Crippen molar-refractivity contribution in [2.24, 2.45) is 10.7 Å². The summed E-state index contributed by atoms with van der Waals surface area (Å²) in [5.41, 5.74) is 8.49. The van der Waals surface area contributed by atoms with Gasteiger partial charge in [0.05, 0.1) is 5.69 Å². The molecule has 0 fully saturated rings. The molecule has 0 saturated heterocycles. The van der Waals surface area contributed by atoms with Crippen molar-refractivity contribution >= 4 is 22.6 Å². The van der Waals surface area contributed by atoms with Crippen LogP contribution in [-0.2, 0) is 5.41 Å². The Hall–Kier alpha value is -3.08. The highest BCUT2D eigenvalue weighted by Gasteiger charge is 2.18. The molecular formula is C21H22N2O3. The van der Waals surface area contributed by atoms with Crippen LogP contribution in [0.1, 0.15) is 42.3 Å². The van der Waals surface area contributed by atoms with Crippen LogP contribution in [0.4, 0.5) is 5.69 Å². The number of hydrogen-bond donors (Lipinski definition) is 2. The predicted octanol–water partition coefficient (Wildman–Crippen LogP) is 4.08. The van der Waals surface area contributed by atoms with Gasteiger partial charge < -0.3 is 15.3 Å². The maximum atomic E-state index is 11.9. The first-order valence-electron chi connectivity index (χ1n) is 8.38. The maximum Gasteiger partial charge on any atom is 0.254 e. The molecule has 2 aromatic carbocycles. The van der Waals surface area contributed by atoms with Crippen molar-refractivity contribution in [2.75, 3.05) is 0 Å². The van der Waals surface area contributed by atoms with E-state index in [4.69, 9.17) is 10.2 Å². The van der Waals surface area contributed by atoms with E-state index in [-0.39, 0.29) is 27.9 Å². The van der Waals surface area contributed by atoms with Gasteiger partial charge in [0.2, 0.25) is 5.55 Å². The first-order chi connectivity index (χ1) is 12.1. The summed E-state index contributed by atoms with van der Waals surface area (Å²) in [6.07, 6.45) is 0. The average molecular weight is 350 g/mol. The van der Waals surface area contributed by atoms with Gasteiger partial charge in [-0.25, -0.2) is 4.99 Å². The number of carbonyl (C=O) groups excluding carboxylic acids is 1. The third kappa shape index (κ3) is 3.47. The van der Waals surface area contributed by atoms with E-state index in [1.54, 1.807) is 18.2 Å². The van der Waals surface area contributed by atoms with Crippen molar-refractivity contribution in [2.45, 2.75) is 33.1 Å². The lowest BCUT2D eigenvalue weighted by Gasteiger charge is -2.19. The van der Waals surface area contributed by atoms with E-state index < -0.39 is 5.91 Å². The summed E-state index contributed by atoms with van der Waals surface area (Å²) < 4.78 is 5.78. The first-order valence-corrected chi connectivity index (χ1v) is 8.38. The number of rotatable bonds is 2. The van der Waals surface area contributed by atoms with Gasteiger partial charge in [-0.15, -0.1) is 0 Å². The number of phenolic OH excluding ortho intramolecular Hbond substituents is 1. The first kappa shape index (κ1) is 17.7. The highest BCUT2D eigenvalue weighted by atomic mass is 16.4. The summed E-state index contributed by atoms with van der Waals surface area (Å²) in [6, 6.07) is 12.7. The summed E-state index contributed by atoms with van der Waals surface area (Å²) >= 11 is 0. The zero-order chi connectivity index (χ0) is 19.1. The van der Waals surface area contributed by atoms with Gasteiger partial charge in [0.25, 0.3) is 5.91 Å². The molecule has 5 nitrogen and oxygen atoms in total. The van der Waals surface area contributed by atoms with E-state index in [2.05, 4.69) is 4.99 Å². The van der Waals surface area contributed by atoms with E-state index in [1.165, 1.54) is 0 Å². The lowest BCUT2D eigenvalue weighted by atomic mass is 9.86. The van der Waals surface area contributed by atoms with Crippen LogP contribution in [0.25, 0.3) is 11.0 Å². The van der Waals surface area contributed by atoms with Gasteiger partial charge in [-0.05, 0) is 53.8 Å². The van der Waals surface area contributed by atoms with Crippen molar-refractivity contribution in [1.29, 1.82) is 0 Å². The zero-order valence-electron chi connectivity index (χ0n) is 15.3. The number of amides is 1. The zero-order valence-corrected chi connectivity index (χ0v) is 15.3. The Morgan fingerprint density at radius 1 is 1.15 bits per heavy atom. The van der Waals surface area contributed by atoms with E-state index in [9.17, 15) is 9.90 Å². The largest absolute Gasteiger partial charge is 0.504 e. The van der Waals surface area contributed by atoms with Gasteiger partial charge in [-0.2, -0.15) is 0 Å². The molecule has 3 aromatic rings. The van der Waals surface area contributed by atoms with Crippen LogP contribution in [0.5, 0.6) is 5.75 Å².